The molecule has 10 heteroatoms. The van der Waals surface area contributed by atoms with E-state index in [0.29, 0.717) is 43.7 Å². The molecule has 2 aromatic heterocycles. The van der Waals surface area contributed by atoms with E-state index in [1.165, 1.54) is 0 Å². The third-order valence-electron chi connectivity index (χ3n) is 5.04. The average Bonchev–Trinajstić information content (AvgIpc) is 3.47. The molecule has 0 bridgehead atoms. The normalized spacial score (nSPS) is 10.8. The highest BCUT2D eigenvalue weighted by Crippen LogP contribution is 2.26. The Morgan fingerprint density at radius 3 is 2.29 bits per heavy atom. The van der Waals surface area contributed by atoms with Crippen LogP contribution in [0.25, 0.3) is 22.4 Å². The molecule has 0 saturated heterocycles. The molecule has 0 aliphatic rings. The summed E-state index contributed by atoms with van der Waals surface area (Å²) in [6, 6.07) is 20.8. The SMILES string of the molecule is O=C(Nc1ccccc1)Nc1ccc(C(=O)Nc2ccc(-c3nc4cc(F)c(F)cc4[nH]3)cc2)s1. The minimum Gasteiger partial charge on any atom is -0.338 e. The van der Waals surface area contributed by atoms with Crippen molar-refractivity contribution in [3.8, 4) is 11.4 Å². The van der Waals surface area contributed by atoms with Gasteiger partial charge in [-0.25, -0.2) is 18.6 Å². The smallest absolute Gasteiger partial charge is 0.324 e. The maximum atomic E-state index is 13.4. The number of carbonyl (C=O) groups is 2. The van der Waals surface area contributed by atoms with Gasteiger partial charge in [-0.1, -0.05) is 18.2 Å². The number of anilines is 3. The second kappa shape index (κ2) is 9.35. The van der Waals surface area contributed by atoms with Crippen LogP contribution in [0.2, 0.25) is 0 Å². The van der Waals surface area contributed by atoms with E-state index >= 15 is 0 Å². The van der Waals surface area contributed by atoms with Gasteiger partial charge in [0.25, 0.3) is 5.91 Å². The number of para-hydroxylation sites is 1. The van der Waals surface area contributed by atoms with Gasteiger partial charge < -0.3 is 15.6 Å². The lowest BCUT2D eigenvalue weighted by atomic mass is 10.2. The molecule has 0 saturated carbocycles. The van der Waals surface area contributed by atoms with Crippen LogP contribution in [0, 0.1) is 11.6 Å². The topological polar surface area (TPSA) is 98.9 Å². The van der Waals surface area contributed by atoms with Gasteiger partial charge in [-0.15, -0.1) is 11.3 Å². The number of nitrogens with zero attached hydrogens (tertiary/aromatic N) is 1. The van der Waals surface area contributed by atoms with Crippen molar-refractivity contribution in [1.29, 1.82) is 0 Å². The quantitative estimate of drug-likeness (QED) is 0.228. The summed E-state index contributed by atoms with van der Waals surface area (Å²) in [5.41, 5.74) is 2.60. The van der Waals surface area contributed by atoms with E-state index < -0.39 is 17.7 Å². The number of rotatable bonds is 5. The lowest BCUT2D eigenvalue weighted by Gasteiger charge is -2.06. The number of carbonyl (C=O) groups excluding carboxylic acids is 2. The van der Waals surface area contributed by atoms with Gasteiger partial charge >= 0.3 is 6.03 Å². The van der Waals surface area contributed by atoms with Crippen LogP contribution < -0.4 is 16.0 Å². The third kappa shape index (κ3) is 5.02. The Kier molecular flexibility index (Phi) is 5.94. The van der Waals surface area contributed by atoms with Crippen LogP contribution in [0.1, 0.15) is 9.67 Å². The van der Waals surface area contributed by atoms with Gasteiger partial charge in [0.1, 0.15) is 5.82 Å². The molecule has 0 radical (unpaired) electrons. The fourth-order valence-corrected chi connectivity index (χ4v) is 4.17. The highest BCUT2D eigenvalue weighted by Gasteiger charge is 2.13. The summed E-state index contributed by atoms with van der Waals surface area (Å²) in [6.07, 6.45) is 0. The minimum absolute atomic E-state index is 0.316. The van der Waals surface area contributed by atoms with Crippen molar-refractivity contribution >= 4 is 50.7 Å². The molecular weight excluding hydrogens is 472 g/mol. The predicted molar refractivity (Wildman–Crippen MR) is 133 cm³/mol. The Bertz CT molecular complexity index is 1490. The fraction of sp³-hybridized carbons (Fsp3) is 0. The number of aromatic nitrogens is 2. The number of amides is 3. The van der Waals surface area contributed by atoms with E-state index in [-0.39, 0.29) is 5.91 Å². The number of aromatic amines is 1. The second-order valence-corrected chi connectivity index (χ2v) is 8.59. The summed E-state index contributed by atoms with van der Waals surface area (Å²) in [4.78, 5) is 32.4. The molecule has 35 heavy (non-hydrogen) atoms. The van der Waals surface area contributed by atoms with E-state index in [1.54, 1.807) is 48.5 Å². The summed E-state index contributed by atoms with van der Waals surface area (Å²) in [5, 5.41) is 8.74. The first-order chi connectivity index (χ1) is 16.9. The molecule has 4 N–H and O–H groups in total. The zero-order valence-electron chi connectivity index (χ0n) is 17.9. The molecule has 3 amide bonds. The Balaban J connectivity index is 1.22. The monoisotopic (exact) mass is 489 g/mol. The van der Waals surface area contributed by atoms with Crippen molar-refractivity contribution in [2.45, 2.75) is 0 Å². The third-order valence-corrected chi connectivity index (χ3v) is 6.04. The summed E-state index contributed by atoms with van der Waals surface area (Å²) in [7, 11) is 0. The molecule has 5 rings (SSSR count). The molecular formula is C25H17F2N5O2S. The molecule has 3 aromatic carbocycles. The van der Waals surface area contributed by atoms with Gasteiger partial charge in [0.15, 0.2) is 11.6 Å². The van der Waals surface area contributed by atoms with Crippen molar-refractivity contribution in [3.05, 3.63) is 95.4 Å². The lowest BCUT2D eigenvalue weighted by Crippen LogP contribution is -2.18. The maximum Gasteiger partial charge on any atom is 0.324 e. The maximum absolute atomic E-state index is 13.4. The molecule has 0 atom stereocenters. The minimum atomic E-state index is -0.961. The van der Waals surface area contributed by atoms with Crippen molar-refractivity contribution in [2.75, 3.05) is 16.0 Å². The fourth-order valence-electron chi connectivity index (χ4n) is 3.37. The Hall–Kier alpha value is -4.57. The van der Waals surface area contributed by atoms with Crippen LogP contribution in [0.4, 0.5) is 30.0 Å². The van der Waals surface area contributed by atoms with Gasteiger partial charge in [-0.3, -0.25) is 10.1 Å². The van der Waals surface area contributed by atoms with Crippen LogP contribution >= 0.6 is 11.3 Å². The molecule has 0 unspecified atom stereocenters. The van der Waals surface area contributed by atoms with Crippen LogP contribution in [0.15, 0.2) is 78.9 Å². The first-order valence-electron chi connectivity index (χ1n) is 10.4. The molecule has 0 aliphatic heterocycles. The number of urea groups is 1. The number of hydrogen-bond acceptors (Lipinski definition) is 4. The summed E-state index contributed by atoms with van der Waals surface area (Å²) < 4.78 is 26.9. The second-order valence-electron chi connectivity index (χ2n) is 7.51. The van der Waals surface area contributed by atoms with Gasteiger partial charge in [-0.05, 0) is 48.5 Å². The molecule has 0 aliphatic carbocycles. The highest BCUT2D eigenvalue weighted by molar-refractivity contribution is 7.18. The van der Waals surface area contributed by atoms with Crippen molar-refractivity contribution in [2.24, 2.45) is 0 Å². The van der Waals surface area contributed by atoms with Gasteiger partial charge in [-0.2, -0.15) is 0 Å². The number of H-pyrrole nitrogens is 1. The first kappa shape index (κ1) is 22.2. The van der Waals surface area contributed by atoms with Gasteiger partial charge in [0, 0.05) is 29.1 Å². The van der Waals surface area contributed by atoms with Gasteiger partial charge in [0.2, 0.25) is 0 Å². The highest BCUT2D eigenvalue weighted by atomic mass is 32.1. The van der Waals surface area contributed by atoms with E-state index in [4.69, 9.17) is 0 Å². The predicted octanol–water partition coefficient (Wildman–Crippen LogP) is 6.47. The van der Waals surface area contributed by atoms with Crippen LogP contribution in [-0.2, 0) is 0 Å². The molecule has 0 fully saturated rings. The Labute approximate surface area is 201 Å². The summed E-state index contributed by atoms with van der Waals surface area (Å²) in [6.45, 7) is 0. The largest absolute Gasteiger partial charge is 0.338 e. The number of nitrogens with one attached hydrogen (secondary N) is 4. The number of fused-ring (bicyclic) bond motifs is 1. The number of benzene rings is 3. The number of hydrogen-bond donors (Lipinski definition) is 4. The lowest BCUT2D eigenvalue weighted by molar-refractivity contribution is 0.103. The Morgan fingerprint density at radius 2 is 1.51 bits per heavy atom. The van der Waals surface area contributed by atoms with Crippen molar-refractivity contribution < 1.29 is 18.4 Å². The van der Waals surface area contributed by atoms with E-state index in [2.05, 4.69) is 25.9 Å². The van der Waals surface area contributed by atoms with Crippen molar-refractivity contribution in [3.63, 3.8) is 0 Å². The molecule has 5 aromatic rings. The molecule has 174 valence electrons. The average molecular weight is 490 g/mol. The zero-order valence-corrected chi connectivity index (χ0v) is 18.7. The Morgan fingerprint density at radius 1 is 0.800 bits per heavy atom. The zero-order chi connectivity index (χ0) is 24.4. The summed E-state index contributed by atoms with van der Waals surface area (Å²) in [5.74, 6) is -1.79. The van der Waals surface area contributed by atoms with Crippen LogP contribution in [0.3, 0.4) is 0 Å². The van der Waals surface area contributed by atoms with E-state index in [0.717, 1.165) is 23.5 Å². The molecule has 2 heterocycles. The molecule has 7 nitrogen and oxygen atoms in total. The van der Waals surface area contributed by atoms with E-state index in [1.807, 2.05) is 18.2 Å². The van der Waals surface area contributed by atoms with Crippen LogP contribution in [0.5, 0.6) is 0 Å². The van der Waals surface area contributed by atoms with Crippen LogP contribution in [-0.4, -0.2) is 21.9 Å². The standard InChI is InChI=1S/C25H17F2N5O2S/c26-17-12-19-20(13-18(17)27)31-23(30-19)14-6-8-16(9-7-14)28-24(33)21-10-11-22(35-21)32-25(34)29-15-4-2-1-3-5-15/h1-13H,(H,28,33)(H,30,31)(H2,29,32,34). The van der Waals surface area contributed by atoms with Crippen molar-refractivity contribution in [1.82, 2.24) is 9.97 Å². The van der Waals surface area contributed by atoms with E-state index in [9.17, 15) is 18.4 Å². The summed E-state index contributed by atoms with van der Waals surface area (Å²) >= 11 is 1.14. The first-order valence-corrected chi connectivity index (χ1v) is 11.3. The number of imidazole rings is 1. The number of halogens is 2. The molecule has 0 spiro atoms. The number of thiophene rings is 1. The van der Waals surface area contributed by atoms with Gasteiger partial charge in [0.05, 0.1) is 20.9 Å².